The second kappa shape index (κ2) is 7.00. The van der Waals surface area contributed by atoms with Crippen molar-refractivity contribution in [1.29, 1.82) is 0 Å². The number of carbonyl (C=O) groups excluding carboxylic acids is 1. The van der Waals surface area contributed by atoms with Gasteiger partial charge < -0.3 is 10.4 Å². The molecule has 2 N–H and O–H groups in total. The fourth-order valence-corrected chi connectivity index (χ4v) is 1.65. The standard InChI is InChI=1S/C11H16ClN3O3/c1-2-3-9(11(17)18)14-10(16)4-5-15-7-8(12)6-13-15/h6-7,9H,2-5H2,1H3,(H,14,16)(H,17,18). The Bertz CT molecular complexity index is 419. The topological polar surface area (TPSA) is 84.2 Å². The SMILES string of the molecule is CCCC(NC(=O)CCn1cc(Cl)cn1)C(=O)O. The number of aromatic nitrogens is 2. The van der Waals surface area contributed by atoms with Crippen molar-refractivity contribution in [2.75, 3.05) is 0 Å². The first kappa shape index (κ1) is 14.5. The van der Waals surface area contributed by atoms with E-state index in [1.807, 2.05) is 6.92 Å². The maximum absolute atomic E-state index is 11.6. The van der Waals surface area contributed by atoms with E-state index in [1.54, 1.807) is 6.20 Å². The summed E-state index contributed by atoms with van der Waals surface area (Å²) in [6.07, 6.45) is 4.39. The van der Waals surface area contributed by atoms with Gasteiger partial charge in [0.1, 0.15) is 6.04 Å². The average Bonchev–Trinajstić information content (AvgIpc) is 2.72. The number of hydrogen-bond acceptors (Lipinski definition) is 3. The monoisotopic (exact) mass is 273 g/mol. The first-order valence-electron chi connectivity index (χ1n) is 5.73. The van der Waals surface area contributed by atoms with E-state index in [0.717, 1.165) is 0 Å². The molecule has 7 heteroatoms. The molecule has 0 saturated heterocycles. The molecule has 1 rings (SSSR count). The van der Waals surface area contributed by atoms with Crippen LogP contribution in [0.4, 0.5) is 0 Å². The summed E-state index contributed by atoms with van der Waals surface area (Å²) < 4.78 is 1.54. The van der Waals surface area contributed by atoms with E-state index in [1.165, 1.54) is 10.9 Å². The number of carboxylic acids is 1. The van der Waals surface area contributed by atoms with Crippen LogP contribution in [0.25, 0.3) is 0 Å². The van der Waals surface area contributed by atoms with Gasteiger partial charge in [-0.05, 0) is 6.42 Å². The van der Waals surface area contributed by atoms with Crippen LogP contribution in [0.15, 0.2) is 12.4 Å². The highest BCUT2D eigenvalue weighted by Crippen LogP contribution is 2.05. The van der Waals surface area contributed by atoms with E-state index in [9.17, 15) is 9.59 Å². The molecule has 0 saturated carbocycles. The molecule has 0 fully saturated rings. The second-order valence-electron chi connectivity index (χ2n) is 3.92. The van der Waals surface area contributed by atoms with Gasteiger partial charge in [-0.25, -0.2) is 4.79 Å². The van der Waals surface area contributed by atoms with Crippen molar-refractivity contribution < 1.29 is 14.7 Å². The van der Waals surface area contributed by atoms with Crippen LogP contribution in [-0.4, -0.2) is 32.8 Å². The highest BCUT2D eigenvalue weighted by Gasteiger charge is 2.18. The zero-order valence-electron chi connectivity index (χ0n) is 10.1. The molecule has 0 aliphatic heterocycles. The smallest absolute Gasteiger partial charge is 0.326 e. The lowest BCUT2D eigenvalue weighted by molar-refractivity contribution is -0.142. The van der Waals surface area contributed by atoms with Crippen LogP contribution in [0.2, 0.25) is 5.02 Å². The van der Waals surface area contributed by atoms with Crippen molar-refractivity contribution in [2.24, 2.45) is 0 Å². The van der Waals surface area contributed by atoms with Gasteiger partial charge in [0.15, 0.2) is 0 Å². The number of nitrogens with zero attached hydrogens (tertiary/aromatic N) is 2. The Morgan fingerprint density at radius 2 is 2.33 bits per heavy atom. The van der Waals surface area contributed by atoms with E-state index in [0.29, 0.717) is 24.4 Å². The third-order valence-corrected chi connectivity index (χ3v) is 2.58. The van der Waals surface area contributed by atoms with Crippen molar-refractivity contribution in [3.05, 3.63) is 17.4 Å². The third-order valence-electron chi connectivity index (χ3n) is 2.38. The van der Waals surface area contributed by atoms with Crippen LogP contribution in [0.1, 0.15) is 26.2 Å². The molecule has 6 nitrogen and oxygen atoms in total. The maximum Gasteiger partial charge on any atom is 0.326 e. The molecule has 0 aliphatic rings. The second-order valence-corrected chi connectivity index (χ2v) is 4.36. The summed E-state index contributed by atoms with van der Waals surface area (Å²) in [5.41, 5.74) is 0. The molecule has 0 spiro atoms. The van der Waals surface area contributed by atoms with E-state index in [4.69, 9.17) is 16.7 Å². The summed E-state index contributed by atoms with van der Waals surface area (Å²) in [6, 6.07) is -0.816. The predicted molar refractivity (Wildman–Crippen MR) is 66.3 cm³/mol. The quantitative estimate of drug-likeness (QED) is 0.784. The Balaban J connectivity index is 2.38. The number of rotatable bonds is 7. The lowest BCUT2D eigenvalue weighted by atomic mass is 10.1. The summed E-state index contributed by atoms with van der Waals surface area (Å²) in [4.78, 5) is 22.4. The molecule has 0 aliphatic carbocycles. The minimum atomic E-state index is -1.01. The minimum Gasteiger partial charge on any atom is -0.480 e. The Morgan fingerprint density at radius 1 is 1.61 bits per heavy atom. The zero-order valence-corrected chi connectivity index (χ0v) is 10.9. The molecule has 0 aromatic carbocycles. The normalized spacial score (nSPS) is 12.1. The van der Waals surface area contributed by atoms with Gasteiger partial charge in [0.05, 0.1) is 11.2 Å². The highest BCUT2D eigenvalue weighted by atomic mass is 35.5. The summed E-state index contributed by atoms with van der Waals surface area (Å²) in [6.45, 7) is 2.24. The molecule has 18 heavy (non-hydrogen) atoms. The van der Waals surface area contributed by atoms with Gasteiger partial charge in [0.25, 0.3) is 0 Å². The largest absolute Gasteiger partial charge is 0.480 e. The van der Waals surface area contributed by atoms with Crippen LogP contribution in [0, 0.1) is 0 Å². The third kappa shape index (κ3) is 4.75. The van der Waals surface area contributed by atoms with E-state index in [-0.39, 0.29) is 12.3 Å². The zero-order chi connectivity index (χ0) is 13.5. The number of carboxylic acid groups (broad SMARTS) is 1. The van der Waals surface area contributed by atoms with Gasteiger partial charge in [-0.15, -0.1) is 0 Å². The number of nitrogens with one attached hydrogen (secondary N) is 1. The van der Waals surface area contributed by atoms with Crippen molar-refractivity contribution in [2.45, 2.75) is 38.8 Å². The molecule has 1 unspecified atom stereocenters. The van der Waals surface area contributed by atoms with Gasteiger partial charge in [0.2, 0.25) is 5.91 Å². The Hall–Kier alpha value is -1.56. The summed E-state index contributed by atoms with van der Waals surface area (Å²) >= 11 is 5.68. The number of hydrogen-bond donors (Lipinski definition) is 2. The lowest BCUT2D eigenvalue weighted by Gasteiger charge is -2.13. The van der Waals surface area contributed by atoms with Gasteiger partial charge in [-0.2, -0.15) is 5.10 Å². The minimum absolute atomic E-state index is 0.172. The van der Waals surface area contributed by atoms with Crippen LogP contribution < -0.4 is 5.32 Å². The van der Waals surface area contributed by atoms with Gasteiger partial charge in [0, 0.05) is 19.2 Å². The van der Waals surface area contributed by atoms with Crippen molar-refractivity contribution in [3.63, 3.8) is 0 Å². The van der Waals surface area contributed by atoms with Gasteiger partial charge in [-0.3, -0.25) is 9.48 Å². The molecular weight excluding hydrogens is 258 g/mol. The summed E-state index contributed by atoms with van der Waals surface area (Å²) in [7, 11) is 0. The maximum atomic E-state index is 11.6. The number of aliphatic carboxylic acids is 1. The number of amides is 1. The summed E-state index contributed by atoms with van der Waals surface area (Å²) in [5.74, 6) is -1.31. The fourth-order valence-electron chi connectivity index (χ4n) is 1.49. The summed E-state index contributed by atoms with van der Waals surface area (Å²) in [5, 5.41) is 15.8. The first-order valence-corrected chi connectivity index (χ1v) is 6.11. The van der Waals surface area contributed by atoms with Crippen LogP contribution in [0.5, 0.6) is 0 Å². The molecule has 0 radical (unpaired) electrons. The van der Waals surface area contributed by atoms with Gasteiger partial charge >= 0.3 is 5.97 Å². The number of aryl methyl sites for hydroxylation is 1. The molecule has 100 valence electrons. The molecule has 1 atom stereocenters. The number of carbonyl (C=O) groups is 2. The fraction of sp³-hybridized carbons (Fsp3) is 0.545. The van der Waals surface area contributed by atoms with Crippen molar-refractivity contribution >= 4 is 23.5 Å². The van der Waals surface area contributed by atoms with E-state index >= 15 is 0 Å². The van der Waals surface area contributed by atoms with Crippen LogP contribution in [-0.2, 0) is 16.1 Å². The molecular formula is C11H16ClN3O3. The lowest BCUT2D eigenvalue weighted by Crippen LogP contribution is -2.40. The first-order chi connectivity index (χ1) is 8.52. The van der Waals surface area contributed by atoms with Crippen LogP contribution in [0.3, 0.4) is 0 Å². The Morgan fingerprint density at radius 3 is 2.83 bits per heavy atom. The average molecular weight is 274 g/mol. The predicted octanol–water partition coefficient (Wildman–Crippen LogP) is 1.30. The molecule has 1 aromatic heterocycles. The molecule has 1 heterocycles. The van der Waals surface area contributed by atoms with Crippen LogP contribution >= 0.6 is 11.6 Å². The van der Waals surface area contributed by atoms with E-state index < -0.39 is 12.0 Å². The molecule has 1 amide bonds. The van der Waals surface area contributed by atoms with E-state index in [2.05, 4.69) is 10.4 Å². The molecule has 0 bridgehead atoms. The highest BCUT2D eigenvalue weighted by molar-refractivity contribution is 6.30. The van der Waals surface area contributed by atoms with Crippen molar-refractivity contribution in [3.8, 4) is 0 Å². The Labute approximate surface area is 110 Å². The molecule has 1 aromatic rings. The number of halogens is 1. The Kier molecular flexibility index (Phi) is 5.64. The van der Waals surface area contributed by atoms with Gasteiger partial charge in [-0.1, -0.05) is 24.9 Å². The van der Waals surface area contributed by atoms with Crippen molar-refractivity contribution in [1.82, 2.24) is 15.1 Å².